The number of carbonyl (C=O) groups is 1. The van der Waals surface area contributed by atoms with E-state index in [1.165, 1.54) is 4.57 Å². The van der Waals surface area contributed by atoms with Crippen LogP contribution in [-0.4, -0.2) is 30.6 Å². The highest BCUT2D eigenvalue weighted by atomic mass is 35.5. The molecule has 1 atom stereocenters. The minimum absolute atomic E-state index is 0.0209. The summed E-state index contributed by atoms with van der Waals surface area (Å²) in [5, 5.41) is 13.0. The fourth-order valence-corrected chi connectivity index (χ4v) is 3.51. The molecule has 2 heterocycles. The third kappa shape index (κ3) is 3.78. The second kappa shape index (κ2) is 8.04. The number of halogens is 1. The van der Waals surface area contributed by atoms with E-state index in [4.69, 9.17) is 17.3 Å². The smallest absolute Gasteiger partial charge is 0.341 e. The van der Waals surface area contributed by atoms with Gasteiger partial charge in [0.15, 0.2) is 0 Å². The zero-order chi connectivity index (χ0) is 22.1. The molecule has 0 spiro atoms. The van der Waals surface area contributed by atoms with Crippen LogP contribution in [-0.2, 0) is 0 Å². The maximum atomic E-state index is 13.4. The molecule has 0 aliphatic carbocycles. The maximum absolute atomic E-state index is 13.4. The molecule has 0 radical (unpaired) electrons. The number of rotatable bonds is 5. The Labute approximate surface area is 181 Å². The average molecular weight is 437 g/mol. The first kappa shape index (κ1) is 20.3. The van der Waals surface area contributed by atoms with E-state index in [0.29, 0.717) is 27.4 Å². The molecule has 0 saturated carbocycles. The molecule has 0 aliphatic rings. The lowest BCUT2D eigenvalue weighted by Crippen LogP contribution is -2.28. The van der Waals surface area contributed by atoms with Gasteiger partial charge in [0.1, 0.15) is 17.2 Å². The third-order valence-corrected chi connectivity index (χ3v) is 4.98. The molecule has 10 heteroatoms. The predicted molar refractivity (Wildman–Crippen MR) is 118 cm³/mol. The van der Waals surface area contributed by atoms with E-state index in [-0.39, 0.29) is 22.9 Å². The van der Waals surface area contributed by atoms with Gasteiger partial charge >= 0.3 is 5.97 Å². The van der Waals surface area contributed by atoms with Gasteiger partial charge in [0, 0.05) is 6.20 Å². The molecular weight excluding hydrogens is 420 g/mol. The van der Waals surface area contributed by atoms with Crippen LogP contribution in [0.1, 0.15) is 29.1 Å². The quantitative estimate of drug-likeness (QED) is 0.433. The monoisotopic (exact) mass is 436 g/mol. The van der Waals surface area contributed by atoms with E-state index in [1.54, 1.807) is 49.4 Å². The van der Waals surface area contributed by atoms with Crippen LogP contribution in [0.5, 0.6) is 0 Å². The molecule has 4 rings (SSSR count). The molecule has 2 aromatic carbocycles. The van der Waals surface area contributed by atoms with Gasteiger partial charge in [-0.2, -0.15) is 4.98 Å². The number of nitrogen functional groups attached to an aromatic ring is 1. The molecule has 0 unspecified atom stereocenters. The number of carboxylic acid groups (broad SMARTS) is 1. The molecule has 4 N–H and O–H groups in total. The summed E-state index contributed by atoms with van der Waals surface area (Å²) in [5.41, 5.74) is 6.16. The van der Waals surface area contributed by atoms with Crippen molar-refractivity contribution in [3.63, 3.8) is 0 Å². The number of nitrogens with one attached hydrogen (secondary N) is 1. The van der Waals surface area contributed by atoms with Crippen LogP contribution in [0.25, 0.3) is 16.6 Å². The van der Waals surface area contributed by atoms with Crippen molar-refractivity contribution in [2.75, 3.05) is 11.1 Å². The zero-order valence-corrected chi connectivity index (χ0v) is 17.0. The van der Waals surface area contributed by atoms with Crippen molar-refractivity contribution >= 4 is 40.2 Å². The van der Waals surface area contributed by atoms with E-state index in [9.17, 15) is 14.7 Å². The van der Waals surface area contributed by atoms with Crippen molar-refractivity contribution in [1.29, 1.82) is 0 Å². The molecule has 0 bridgehead atoms. The number of fused-ring (bicyclic) bond motifs is 1. The summed E-state index contributed by atoms with van der Waals surface area (Å²) in [5.74, 6) is -0.932. The summed E-state index contributed by atoms with van der Waals surface area (Å²) in [6.45, 7) is 1.74. The van der Waals surface area contributed by atoms with Crippen LogP contribution in [0.15, 0.2) is 59.5 Å². The van der Waals surface area contributed by atoms with Crippen LogP contribution in [0.4, 0.5) is 11.8 Å². The number of hydrogen-bond donors (Lipinski definition) is 3. The number of nitrogens with zero attached hydrogens (tertiary/aromatic N) is 4. The molecule has 0 saturated heterocycles. The SMILES string of the molecule is C[C@@H](Nc1nc(N)ncc1C(=O)O)c1nc2cccc(Cl)c2c(=O)n1-c1ccccc1. The zero-order valence-electron chi connectivity index (χ0n) is 16.3. The summed E-state index contributed by atoms with van der Waals surface area (Å²) >= 11 is 6.29. The number of nitrogens with two attached hydrogens (primary N) is 1. The van der Waals surface area contributed by atoms with Crippen LogP contribution in [0.3, 0.4) is 0 Å². The minimum Gasteiger partial charge on any atom is -0.477 e. The summed E-state index contributed by atoms with van der Waals surface area (Å²) in [6.07, 6.45) is 1.12. The predicted octanol–water partition coefficient (Wildman–Crippen LogP) is 3.28. The first-order valence-electron chi connectivity index (χ1n) is 9.25. The lowest BCUT2D eigenvalue weighted by Gasteiger charge is -2.21. The van der Waals surface area contributed by atoms with E-state index < -0.39 is 12.0 Å². The standard InChI is InChI=1S/C21H17ClN6O3/c1-11(25-17-13(20(30)31)10-24-21(23)27-17)18-26-15-9-5-8-14(22)16(15)19(29)28(18)12-6-3-2-4-7-12/h2-11H,1H3,(H,30,31)(H3,23,24,25,27)/t11-/m1/s1. The Morgan fingerprint density at radius 3 is 2.61 bits per heavy atom. The van der Waals surface area contributed by atoms with Crippen LogP contribution in [0, 0.1) is 0 Å². The molecule has 31 heavy (non-hydrogen) atoms. The van der Waals surface area contributed by atoms with Gasteiger partial charge in [-0.05, 0) is 31.2 Å². The van der Waals surface area contributed by atoms with Gasteiger partial charge < -0.3 is 16.2 Å². The number of benzene rings is 2. The van der Waals surface area contributed by atoms with Crippen LogP contribution >= 0.6 is 11.6 Å². The van der Waals surface area contributed by atoms with Crippen molar-refractivity contribution in [2.45, 2.75) is 13.0 Å². The maximum Gasteiger partial charge on any atom is 0.341 e. The topological polar surface area (TPSA) is 136 Å². The van der Waals surface area contributed by atoms with Crippen molar-refractivity contribution in [3.05, 3.63) is 81.5 Å². The van der Waals surface area contributed by atoms with Gasteiger partial charge in [-0.3, -0.25) is 9.36 Å². The molecule has 9 nitrogen and oxygen atoms in total. The number of aromatic carboxylic acids is 1. The Kier molecular flexibility index (Phi) is 5.26. The van der Waals surface area contributed by atoms with Crippen LogP contribution < -0.4 is 16.6 Å². The van der Waals surface area contributed by atoms with Gasteiger partial charge in [0.25, 0.3) is 5.56 Å². The normalized spacial score (nSPS) is 11.9. The summed E-state index contributed by atoms with van der Waals surface area (Å²) < 4.78 is 1.44. The van der Waals surface area contributed by atoms with Crippen molar-refractivity contribution in [2.24, 2.45) is 0 Å². The molecule has 4 aromatic rings. The Bertz CT molecular complexity index is 1360. The number of hydrogen-bond acceptors (Lipinski definition) is 7. The van der Waals surface area contributed by atoms with E-state index in [1.807, 2.05) is 6.07 Å². The Balaban J connectivity index is 1.92. The lowest BCUT2D eigenvalue weighted by atomic mass is 10.2. The van der Waals surface area contributed by atoms with Gasteiger partial charge in [0.05, 0.1) is 27.7 Å². The fourth-order valence-electron chi connectivity index (χ4n) is 3.26. The van der Waals surface area contributed by atoms with Crippen LogP contribution in [0.2, 0.25) is 5.02 Å². The summed E-state index contributed by atoms with van der Waals surface area (Å²) in [7, 11) is 0. The summed E-state index contributed by atoms with van der Waals surface area (Å²) in [6, 6.07) is 13.4. The van der Waals surface area contributed by atoms with Gasteiger partial charge in [-0.25, -0.2) is 14.8 Å². The number of aromatic nitrogens is 4. The second-order valence-electron chi connectivity index (χ2n) is 6.74. The number of carboxylic acids is 1. The highest BCUT2D eigenvalue weighted by molar-refractivity contribution is 6.35. The Morgan fingerprint density at radius 2 is 1.90 bits per heavy atom. The highest BCUT2D eigenvalue weighted by Gasteiger charge is 2.22. The minimum atomic E-state index is -1.21. The third-order valence-electron chi connectivity index (χ3n) is 4.67. The second-order valence-corrected chi connectivity index (χ2v) is 7.15. The van der Waals surface area contributed by atoms with E-state index >= 15 is 0 Å². The molecule has 2 aromatic heterocycles. The van der Waals surface area contributed by atoms with Gasteiger partial charge in [0.2, 0.25) is 5.95 Å². The van der Waals surface area contributed by atoms with E-state index in [2.05, 4.69) is 20.3 Å². The first-order chi connectivity index (χ1) is 14.9. The van der Waals surface area contributed by atoms with E-state index in [0.717, 1.165) is 6.20 Å². The largest absolute Gasteiger partial charge is 0.477 e. The van der Waals surface area contributed by atoms with Gasteiger partial charge in [-0.1, -0.05) is 35.9 Å². The van der Waals surface area contributed by atoms with Gasteiger partial charge in [-0.15, -0.1) is 0 Å². The molecule has 0 fully saturated rings. The highest BCUT2D eigenvalue weighted by Crippen LogP contribution is 2.25. The van der Waals surface area contributed by atoms with Crippen molar-refractivity contribution in [3.8, 4) is 5.69 Å². The lowest BCUT2D eigenvalue weighted by molar-refractivity contribution is 0.0697. The number of anilines is 2. The summed E-state index contributed by atoms with van der Waals surface area (Å²) in [4.78, 5) is 37.4. The molecule has 156 valence electrons. The Morgan fingerprint density at radius 1 is 1.16 bits per heavy atom. The first-order valence-corrected chi connectivity index (χ1v) is 9.63. The Hall–Kier alpha value is -3.98. The van der Waals surface area contributed by atoms with Crippen molar-refractivity contribution in [1.82, 2.24) is 19.5 Å². The average Bonchev–Trinajstić information content (AvgIpc) is 2.74. The molecule has 0 aliphatic heterocycles. The van der Waals surface area contributed by atoms with Crippen molar-refractivity contribution < 1.29 is 9.90 Å². The fraction of sp³-hybridized carbons (Fsp3) is 0.0952. The molecule has 0 amide bonds. The number of para-hydroxylation sites is 1. The molecular formula is C21H17ClN6O3.